The van der Waals surface area contributed by atoms with Gasteiger partial charge < -0.3 is 4.74 Å². The number of hydrogen-bond acceptors (Lipinski definition) is 1. The van der Waals surface area contributed by atoms with Gasteiger partial charge in [0.1, 0.15) is 0 Å². The van der Waals surface area contributed by atoms with Crippen molar-refractivity contribution in [2.24, 2.45) is 5.92 Å². The molecule has 2 heteroatoms. The fraction of sp³-hybridized carbons (Fsp3) is 0.556. The molecule has 0 N–H and O–H groups in total. The van der Waals surface area contributed by atoms with Gasteiger partial charge in [0.25, 0.3) is 0 Å². The van der Waals surface area contributed by atoms with Crippen molar-refractivity contribution in [2.75, 3.05) is 6.61 Å². The topological polar surface area (TPSA) is 9.23 Å². The molecule has 1 aromatic carbocycles. The Hall–Kier alpha value is -0.790. The maximum atomic E-state index is 5.67. The molecule has 0 heterocycles. The summed E-state index contributed by atoms with van der Waals surface area (Å²) in [7, 11) is 0. The first-order valence-electron chi connectivity index (χ1n) is 7.77. The van der Waals surface area contributed by atoms with Gasteiger partial charge in [-0.25, -0.2) is 0 Å². The van der Waals surface area contributed by atoms with Crippen molar-refractivity contribution in [3.63, 3.8) is 0 Å². The van der Waals surface area contributed by atoms with Crippen LogP contribution >= 0.6 is 11.6 Å². The van der Waals surface area contributed by atoms with Gasteiger partial charge in [0, 0.05) is 12.1 Å². The maximum Gasteiger partial charge on any atom is 0.0716 e. The number of hydrogen-bond donors (Lipinski definition) is 0. The first-order valence-corrected chi connectivity index (χ1v) is 8.20. The first kappa shape index (κ1) is 15.6. The first-order chi connectivity index (χ1) is 9.83. The molecule has 110 valence electrons. The summed E-state index contributed by atoms with van der Waals surface area (Å²) in [6.07, 6.45) is 8.30. The van der Waals surface area contributed by atoms with Gasteiger partial charge in [-0.15, -0.1) is 0 Å². The van der Waals surface area contributed by atoms with Gasteiger partial charge in [-0.1, -0.05) is 48.9 Å². The lowest BCUT2D eigenvalue weighted by molar-refractivity contribution is 0.121. The Kier molecular flexibility index (Phi) is 6.62. The van der Waals surface area contributed by atoms with Crippen molar-refractivity contribution < 1.29 is 4.74 Å². The average molecular weight is 293 g/mol. The van der Waals surface area contributed by atoms with Crippen molar-refractivity contribution in [1.29, 1.82) is 0 Å². The van der Waals surface area contributed by atoms with E-state index in [1.165, 1.54) is 36.8 Å². The van der Waals surface area contributed by atoms with Crippen LogP contribution < -0.4 is 0 Å². The van der Waals surface area contributed by atoms with Crippen molar-refractivity contribution >= 4 is 11.6 Å². The van der Waals surface area contributed by atoms with Crippen molar-refractivity contribution in [3.05, 3.63) is 47.0 Å². The predicted octanol–water partition coefficient (Wildman–Crippen LogP) is 5.64. The Bertz CT molecular complexity index is 402. The molecule has 0 radical (unpaired) electrons. The lowest BCUT2D eigenvalue weighted by Crippen LogP contribution is -2.11. The van der Waals surface area contributed by atoms with E-state index in [4.69, 9.17) is 16.3 Å². The minimum atomic E-state index is 0.686. The molecule has 0 bridgehead atoms. The third-order valence-electron chi connectivity index (χ3n) is 4.19. The molecule has 1 aromatic rings. The standard InChI is InChI=1S/C18H25ClO/c1-2-13-20-14-16-5-9-18(10-6-16)17-7-3-15(4-8-17)11-12-19/h5-6,9-12,15,17H,2-4,7-8,13-14H2,1H3/b12-11+/t15-,17-. The highest BCUT2D eigenvalue weighted by Gasteiger charge is 2.20. The predicted molar refractivity (Wildman–Crippen MR) is 86.1 cm³/mol. The molecular formula is C18H25ClO. The van der Waals surface area contributed by atoms with Gasteiger partial charge >= 0.3 is 0 Å². The Morgan fingerprint density at radius 1 is 1.15 bits per heavy atom. The minimum Gasteiger partial charge on any atom is -0.377 e. The summed E-state index contributed by atoms with van der Waals surface area (Å²) >= 11 is 5.67. The molecule has 1 fully saturated rings. The van der Waals surface area contributed by atoms with Gasteiger partial charge in [0.05, 0.1) is 6.61 Å². The largest absolute Gasteiger partial charge is 0.377 e. The van der Waals surface area contributed by atoms with Crippen LogP contribution in [0, 0.1) is 5.92 Å². The molecular weight excluding hydrogens is 268 g/mol. The third-order valence-corrected chi connectivity index (χ3v) is 4.33. The molecule has 1 aliphatic carbocycles. The van der Waals surface area contributed by atoms with Crippen LogP contribution in [-0.2, 0) is 11.3 Å². The lowest BCUT2D eigenvalue weighted by Gasteiger charge is -2.27. The molecule has 0 amide bonds. The molecule has 1 aliphatic rings. The number of allylic oxidation sites excluding steroid dienone is 1. The van der Waals surface area contributed by atoms with Crippen LogP contribution in [0.5, 0.6) is 0 Å². The van der Waals surface area contributed by atoms with Crippen molar-refractivity contribution in [2.45, 2.75) is 51.6 Å². The van der Waals surface area contributed by atoms with E-state index in [-0.39, 0.29) is 0 Å². The fourth-order valence-corrected chi connectivity index (χ4v) is 3.17. The zero-order valence-corrected chi connectivity index (χ0v) is 13.1. The van der Waals surface area contributed by atoms with Crippen LogP contribution in [0.4, 0.5) is 0 Å². The number of benzene rings is 1. The zero-order chi connectivity index (χ0) is 14.2. The van der Waals surface area contributed by atoms with E-state index in [2.05, 4.69) is 37.3 Å². The molecule has 2 rings (SSSR count). The fourth-order valence-electron chi connectivity index (χ4n) is 2.97. The van der Waals surface area contributed by atoms with E-state index in [0.29, 0.717) is 5.92 Å². The Labute approximate surface area is 128 Å². The van der Waals surface area contributed by atoms with Gasteiger partial charge in [-0.3, -0.25) is 0 Å². The second-order valence-electron chi connectivity index (χ2n) is 5.72. The van der Waals surface area contributed by atoms with E-state index in [1.807, 2.05) is 0 Å². The van der Waals surface area contributed by atoms with E-state index in [0.717, 1.165) is 25.6 Å². The highest BCUT2D eigenvalue weighted by Crippen LogP contribution is 2.36. The van der Waals surface area contributed by atoms with Crippen molar-refractivity contribution in [1.82, 2.24) is 0 Å². The highest BCUT2D eigenvalue weighted by atomic mass is 35.5. The van der Waals surface area contributed by atoms with Crippen LogP contribution in [0.3, 0.4) is 0 Å². The normalized spacial score (nSPS) is 23.3. The summed E-state index contributed by atoms with van der Waals surface area (Å²) in [5, 5.41) is 0. The van der Waals surface area contributed by atoms with Crippen LogP contribution in [-0.4, -0.2) is 6.61 Å². The summed E-state index contributed by atoms with van der Waals surface area (Å²) in [6, 6.07) is 9.01. The summed E-state index contributed by atoms with van der Waals surface area (Å²) in [5.41, 5.74) is 4.44. The quantitative estimate of drug-likeness (QED) is 0.617. The smallest absolute Gasteiger partial charge is 0.0716 e. The monoisotopic (exact) mass is 292 g/mol. The van der Waals surface area contributed by atoms with Crippen LogP contribution in [0.25, 0.3) is 0 Å². The van der Waals surface area contributed by atoms with Crippen LogP contribution in [0.1, 0.15) is 56.1 Å². The van der Waals surface area contributed by atoms with Crippen LogP contribution in [0.2, 0.25) is 0 Å². The Balaban J connectivity index is 1.84. The van der Waals surface area contributed by atoms with Gasteiger partial charge in [-0.2, -0.15) is 0 Å². The lowest BCUT2D eigenvalue weighted by atomic mass is 9.79. The number of rotatable bonds is 6. The second kappa shape index (κ2) is 8.49. The SMILES string of the molecule is CCCOCc1ccc([C@H]2CC[C@H](/C=C/Cl)CC2)cc1. The second-order valence-corrected chi connectivity index (χ2v) is 5.98. The summed E-state index contributed by atoms with van der Waals surface area (Å²) in [6.45, 7) is 3.72. The van der Waals surface area contributed by atoms with E-state index >= 15 is 0 Å². The number of ether oxygens (including phenoxy) is 1. The molecule has 0 saturated heterocycles. The third kappa shape index (κ3) is 4.64. The summed E-state index contributed by atoms with van der Waals surface area (Å²) < 4.78 is 5.58. The minimum absolute atomic E-state index is 0.686. The summed E-state index contributed by atoms with van der Waals surface area (Å²) in [5.74, 6) is 1.41. The molecule has 0 aromatic heterocycles. The van der Waals surface area contributed by atoms with Crippen LogP contribution in [0.15, 0.2) is 35.9 Å². The molecule has 0 aliphatic heterocycles. The molecule has 20 heavy (non-hydrogen) atoms. The van der Waals surface area contributed by atoms with E-state index in [9.17, 15) is 0 Å². The average Bonchev–Trinajstić information content (AvgIpc) is 2.49. The van der Waals surface area contributed by atoms with Gasteiger partial charge in [0.15, 0.2) is 0 Å². The Morgan fingerprint density at radius 3 is 2.45 bits per heavy atom. The molecule has 0 atom stereocenters. The highest BCUT2D eigenvalue weighted by molar-refractivity contribution is 6.25. The van der Waals surface area contributed by atoms with Gasteiger partial charge in [0.2, 0.25) is 0 Å². The zero-order valence-electron chi connectivity index (χ0n) is 12.4. The summed E-state index contributed by atoms with van der Waals surface area (Å²) in [4.78, 5) is 0. The van der Waals surface area contributed by atoms with E-state index < -0.39 is 0 Å². The van der Waals surface area contributed by atoms with Crippen molar-refractivity contribution in [3.8, 4) is 0 Å². The van der Waals surface area contributed by atoms with Gasteiger partial charge in [-0.05, 0) is 55.1 Å². The number of halogens is 1. The maximum absolute atomic E-state index is 5.67. The molecule has 0 unspecified atom stereocenters. The Morgan fingerprint density at radius 2 is 1.85 bits per heavy atom. The molecule has 1 saturated carbocycles. The van der Waals surface area contributed by atoms with E-state index in [1.54, 1.807) is 5.54 Å². The molecule has 1 nitrogen and oxygen atoms in total. The molecule has 0 spiro atoms.